The standard InChI is InChI=1S/C10H12F2N2O3/c1-17-4-2-3-13-9-6-7(11)5-8(12)10(9)14(15)16/h5-6,13H,2-4H2,1H3. The van der Waals surface area contributed by atoms with Crippen LogP contribution < -0.4 is 5.32 Å². The summed E-state index contributed by atoms with van der Waals surface area (Å²) in [6.45, 7) is 0.788. The van der Waals surface area contributed by atoms with Crippen LogP contribution in [0.1, 0.15) is 6.42 Å². The molecule has 5 nitrogen and oxygen atoms in total. The lowest BCUT2D eigenvalue weighted by Crippen LogP contribution is -2.08. The molecule has 0 heterocycles. The van der Waals surface area contributed by atoms with Gasteiger partial charge in [0, 0.05) is 32.4 Å². The molecule has 1 N–H and O–H groups in total. The maximum Gasteiger partial charge on any atom is 0.327 e. The highest BCUT2D eigenvalue weighted by Crippen LogP contribution is 2.28. The Morgan fingerprint density at radius 3 is 2.76 bits per heavy atom. The normalized spacial score (nSPS) is 10.3. The van der Waals surface area contributed by atoms with Crippen molar-refractivity contribution in [1.82, 2.24) is 0 Å². The molecule has 0 unspecified atom stereocenters. The van der Waals surface area contributed by atoms with Crippen molar-refractivity contribution >= 4 is 11.4 Å². The van der Waals surface area contributed by atoms with Crippen LogP contribution in [0.5, 0.6) is 0 Å². The molecule has 0 aliphatic carbocycles. The van der Waals surface area contributed by atoms with Gasteiger partial charge in [0.05, 0.1) is 4.92 Å². The van der Waals surface area contributed by atoms with Crippen molar-refractivity contribution in [3.63, 3.8) is 0 Å². The van der Waals surface area contributed by atoms with Gasteiger partial charge in [0.2, 0.25) is 5.82 Å². The second-order valence-corrected chi connectivity index (χ2v) is 3.31. The van der Waals surface area contributed by atoms with Crippen molar-refractivity contribution in [2.24, 2.45) is 0 Å². The van der Waals surface area contributed by atoms with Crippen LogP contribution >= 0.6 is 0 Å². The lowest BCUT2D eigenvalue weighted by molar-refractivity contribution is -0.386. The summed E-state index contributed by atoms with van der Waals surface area (Å²) >= 11 is 0. The number of methoxy groups -OCH3 is 1. The molecule has 0 atom stereocenters. The molecule has 0 amide bonds. The van der Waals surface area contributed by atoms with Crippen molar-refractivity contribution in [2.45, 2.75) is 6.42 Å². The van der Waals surface area contributed by atoms with E-state index in [1.807, 2.05) is 0 Å². The Morgan fingerprint density at radius 1 is 1.47 bits per heavy atom. The van der Waals surface area contributed by atoms with Gasteiger partial charge in [0.1, 0.15) is 11.5 Å². The number of anilines is 1. The minimum atomic E-state index is -1.19. The van der Waals surface area contributed by atoms with Gasteiger partial charge >= 0.3 is 5.69 Å². The molecule has 0 bridgehead atoms. The first-order chi connectivity index (χ1) is 8.06. The summed E-state index contributed by atoms with van der Waals surface area (Å²) in [6.07, 6.45) is 0.575. The molecule has 17 heavy (non-hydrogen) atoms. The number of hydrogen-bond acceptors (Lipinski definition) is 4. The maximum absolute atomic E-state index is 13.2. The van der Waals surface area contributed by atoms with E-state index in [1.165, 1.54) is 7.11 Å². The van der Waals surface area contributed by atoms with E-state index in [0.29, 0.717) is 25.6 Å². The topological polar surface area (TPSA) is 64.4 Å². The van der Waals surface area contributed by atoms with Gasteiger partial charge in [-0.05, 0) is 6.42 Å². The molecular weight excluding hydrogens is 234 g/mol. The first-order valence-corrected chi connectivity index (χ1v) is 4.92. The minimum Gasteiger partial charge on any atom is -0.385 e. The minimum absolute atomic E-state index is 0.163. The molecule has 0 radical (unpaired) electrons. The summed E-state index contributed by atoms with van der Waals surface area (Å²) in [6, 6.07) is 1.38. The highest BCUT2D eigenvalue weighted by Gasteiger charge is 2.21. The monoisotopic (exact) mass is 246 g/mol. The van der Waals surface area contributed by atoms with Crippen molar-refractivity contribution < 1.29 is 18.4 Å². The molecular formula is C10H12F2N2O3. The van der Waals surface area contributed by atoms with Gasteiger partial charge in [-0.1, -0.05) is 0 Å². The Bertz CT molecular complexity index is 413. The Morgan fingerprint density at radius 2 is 2.18 bits per heavy atom. The third-order valence-electron chi connectivity index (χ3n) is 2.05. The number of hydrogen-bond donors (Lipinski definition) is 1. The highest BCUT2D eigenvalue weighted by atomic mass is 19.1. The molecule has 0 aliphatic rings. The van der Waals surface area contributed by atoms with Crippen molar-refractivity contribution in [3.8, 4) is 0 Å². The number of halogens is 2. The third-order valence-corrected chi connectivity index (χ3v) is 2.05. The summed E-state index contributed by atoms with van der Waals surface area (Å²) in [5.41, 5.74) is -0.910. The lowest BCUT2D eigenvalue weighted by atomic mass is 10.2. The summed E-state index contributed by atoms with van der Waals surface area (Å²) in [5, 5.41) is 13.2. The van der Waals surface area contributed by atoms with E-state index in [4.69, 9.17) is 4.74 Å². The lowest BCUT2D eigenvalue weighted by Gasteiger charge is -2.07. The number of ether oxygens (including phenoxy) is 1. The van der Waals surface area contributed by atoms with E-state index in [2.05, 4.69) is 5.32 Å². The predicted octanol–water partition coefficient (Wildman–Crippen LogP) is 2.32. The van der Waals surface area contributed by atoms with Crippen molar-refractivity contribution in [2.75, 3.05) is 25.6 Å². The van der Waals surface area contributed by atoms with E-state index in [0.717, 1.165) is 6.07 Å². The maximum atomic E-state index is 13.2. The molecule has 0 aromatic heterocycles. The van der Waals surface area contributed by atoms with Crippen LogP contribution in [0.25, 0.3) is 0 Å². The van der Waals surface area contributed by atoms with Crippen LogP contribution in [-0.4, -0.2) is 25.2 Å². The van der Waals surface area contributed by atoms with E-state index in [-0.39, 0.29) is 5.69 Å². The molecule has 7 heteroatoms. The second-order valence-electron chi connectivity index (χ2n) is 3.31. The number of benzene rings is 1. The van der Waals surface area contributed by atoms with Crippen molar-refractivity contribution in [1.29, 1.82) is 0 Å². The third kappa shape index (κ3) is 3.63. The molecule has 1 aromatic carbocycles. The Labute approximate surface area is 96.5 Å². The van der Waals surface area contributed by atoms with Gasteiger partial charge in [-0.15, -0.1) is 0 Å². The van der Waals surface area contributed by atoms with E-state index in [1.54, 1.807) is 0 Å². The quantitative estimate of drug-likeness (QED) is 0.475. The van der Waals surface area contributed by atoms with Gasteiger partial charge in [-0.3, -0.25) is 10.1 Å². The van der Waals surface area contributed by atoms with Gasteiger partial charge in [-0.2, -0.15) is 4.39 Å². The predicted molar refractivity (Wildman–Crippen MR) is 58.0 cm³/mol. The number of nitro groups is 1. The fourth-order valence-corrected chi connectivity index (χ4v) is 1.33. The summed E-state index contributed by atoms with van der Waals surface area (Å²) in [7, 11) is 1.52. The Hall–Kier alpha value is -1.76. The number of nitrogens with zero attached hydrogens (tertiary/aromatic N) is 1. The second kappa shape index (κ2) is 6.09. The zero-order chi connectivity index (χ0) is 12.8. The SMILES string of the molecule is COCCCNc1cc(F)cc(F)c1[N+](=O)[O-]. The van der Waals surface area contributed by atoms with Crippen LogP contribution in [0.3, 0.4) is 0 Å². The number of nitro benzene ring substituents is 1. The van der Waals surface area contributed by atoms with Crippen LogP contribution in [-0.2, 0) is 4.74 Å². The van der Waals surface area contributed by atoms with Gasteiger partial charge in [-0.25, -0.2) is 4.39 Å². The molecule has 94 valence electrons. The molecule has 0 spiro atoms. The van der Waals surface area contributed by atoms with Gasteiger partial charge < -0.3 is 10.1 Å². The molecule has 0 aliphatic heterocycles. The Balaban J connectivity index is 2.85. The van der Waals surface area contributed by atoms with Crippen molar-refractivity contribution in [3.05, 3.63) is 33.9 Å². The fraction of sp³-hybridized carbons (Fsp3) is 0.400. The molecule has 0 fully saturated rings. The zero-order valence-electron chi connectivity index (χ0n) is 9.20. The average Bonchev–Trinajstić information content (AvgIpc) is 2.22. The first kappa shape index (κ1) is 13.3. The van der Waals surface area contributed by atoms with Crippen LogP contribution in [0, 0.1) is 21.7 Å². The first-order valence-electron chi connectivity index (χ1n) is 4.92. The summed E-state index contributed by atoms with van der Waals surface area (Å²) in [4.78, 5) is 9.74. The summed E-state index contributed by atoms with van der Waals surface area (Å²) in [5.74, 6) is -2.05. The zero-order valence-corrected chi connectivity index (χ0v) is 9.20. The largest absolute Gasteiger partial charge is 0.385 e. The highest BCUT2D eigenvalue weighted by molar-refractivity contribution is 5.62. The molecule has 1 rings (SSSR count). The average molecular weight is 246 g/mol. The van der Waals surface area contributed by atoms with E-state index >= 15 is 0 Å². The van der Waals surface area contributed by atoms with E-state index in [9.17, 15) is 18.9 Å². The fourth-order valence-electron chi connectivity index (χ4n) is 1.33. The Kier molecular flexibility index (Phi) is 4.77. The van der Waals surface area contributed by atoms with Crippen LogP contribution in [0.2, 0.25) is 0 Å². The smallest absolute Gasteiger partial charge is 0.327 e. The van der Waals surface area contributed by atoms with E-state index < -0.39 is 22.2 Å². The van der Waals surface area contributed by atoms with Gasteiger partial charge in [0.15, 0.2) is 0 Å². The molecule has 1 aromatic rings. The number of rotatable bonds is 6. The van der Waals surface area contributed by atoms with Gasteiger partial charge in [0.25, 0.3) is 0 Å². The summed E-state index contributed by atoms with van der Waals surface area (Å²) < 4.78 is 30.9. The molecule has 0 saturated heterocycles. The number of nitrogens with one attached hydrogen (secondary N) is 1. The van der Waals surface area contributed by atoms with Crippen LogP contribution in [0.15, 0.2) is 12.1 Å². The van der Waals surface area contributed by atoms with Crippen LogP contribution in [0.4, 0.5) is 20.2 Å². The molecule has 0 saturated carbocycles.